The minimum atomic E-state index is -0.381. The molecule has 1 aliphatic heterocycles. The van der Waals surface area contributed by atoms with Crippen molar-refractivity contribution in [2.45, 2.75) is 32.5 Å². The first-order valence-electron chi connectivity index (χ1n) is 5.86. The second kappa shape index (κ2) is 4.93. The lowest BCUT2D eigenvalue weighted by Crippen LogP contribution is -2.28. The largest absolute Gasteiger partial charge is 0.348 e. The second-order valence-electron chi connectivity index (χ2n) is 4.67. The maximum Gasteiger partial charge on any atom is 0.166 e. The highest BCUT2D eigenvalue weighted by Gasteiger charge is 2.32. The molecule has 0 aromatic carbocycles. The van der Waals surface area contributed by atoms with Gasteiger partial charge in [-0.1, -0.05) is 13.0 Å². The van der Waals surface area contributed by atoms with Gasteiger partial charge in [0.2, 0.25) is 0 Å². The van der Waals surface area contributed by atoms with E-state index in [2.05, 4.69) is 18.0 Å². The van der Waals surface area contributed by atoms with Gasteiger partial charge in [-0.15, -0.1) is 0 Å². The Balaban J connectivity index is 1.86. The van der Waals surface area contributed by atoms with Crippen LogP contribution in [0.5, 0.6) is 0 Å². The van der Waals surface area contributed by atoms with E-state index in [9.17, 15) is 0 Å². The normalized spacial score (nSPS) is 20.9. The third kappa shape index (κ3) is 3.03. The van der Waals surface area contributed by atoms with Gasteiger partial charge in [-0.25, -0.2) is 0 Å². The lowest BCUT2D eigenvalue weighted by Gasteiger charge is -2.25. The van der Waals surface area contributed by atoms with Crippen molar-refractivity contribution < 1.29 is 9.47 Å². The van der Waals surface area contributed by atoms with Crippen LogP contribution in [0, 0.1) is 5.92 Å². The van der Waals surface area contributed by atoms with Crippen LogP contribution in [0.2, 0.25) is 0 Å². The Morgan fingerprint density at radius 3 is 2.75 bits per heavy atom. The molecule has 0 radical (unpaired) electrons. The standard InChI is InChI=1S/C13H19NO2/c1-11(9-12-5-3-4-6-14-12)10-13(2)15-7-8-16-13/h3-6,11H,7-10H2,1-2H3. The number of hydrogen-bond donors (Lipinski definition) is 0. The Hall–Kier alpha value is -0.930. The molecule has 0 saturated carbocycles. The molecular formula is C13H19NO2. The van der Waals surface area contributed by atoms with Crippen molar-refractivity contribution in [2.75, 3.05) is 13.2 Å². The minimum Gasteiger partial charge on any atom is -0.348 e. The molecule has 0 spiro atoms. The SMILES string of the molecule is CC(Cc1ccccn1)CC1(C)OCCO1. The molecule has 1 atom stereocenters. The first-order chi connectivity index (χ1) is 7.68. The summed E-state index contributed by atoms with van der Waals surface area (Å²) >= 11 is 0. The average molecular weight is 221 g/mol. The molecule has 1 saturated heterocycles. The molecule has 1 aliphatic rings. The van der Waals surface area contributed by atoms with Gasteiger partial charge in [0.25, 0.3) is 0 Å². The van der Waals surface area contributed by atoms with E-state index < -0.39 is 0 Å². The van der Waals surface area contributed by atoms with E-state index in [1.54, 1.807) is 0 Å². The number of aromatic nitrogens is 1. The number of pyridine rings is 1. The molecule has 3 heteroatoms. The van der Waals surface area contributed by atoms with Gasteiger partial charge < -0.3 is 9.47 Å². The van der Waals surface area contributed by atoms with Crippen LogP contribution < -0.4 is 0 Å². The summed E-state index contributed by atoms with van der Waals surface area (Å²) in [5, 5.41) is 0. The van der Waals surface area contributed by atoms with Crippen molar-refractivity contribution >= 4 is 0 Å². The molecular weight excluding hydrogens is 202 g/mol. The van der Waals surface area contributed by atoms with Crippen LogP contribution in [0.1, 0.15) is 26.0 Å². The van der Waals surface area contributed by atoms with Crippen LogP contribution in [-0.4, -0.2) is 24.0 Å². The molecule has 2 rings (SSSR count). The Bertz CT molecular complexity index is 320. The van der Waals surface area contributed by atoms with Crippen molar-refractivity contribution in [3.05, 3.63) is 30.1 Å². The van der Waals surface area contributed by atoms with Gasteiger partial charge in [-0.3, -0.25) is 4.98 Å². The molecule has 1 unspecified atom stereocenters. The predicted molar refractivity (Wildman–Crippen MR) is 62.0 cm³/mol. The van der Waals surface area contributed by atoms with Crippen molar-refractivity contribution in [3.8, 4) is 0 Å². The summed E-state index contributed by atoms with van der Waals surface area (Å²) in [5.41, 5.74) is 1.14. The van der Waals surface area contributed by atoms with Gasteiger partial charge in [0, 0.05) is 18.3 Å². The van der Waals surface area contributed by atoms with Gasteiger partial charge in [-0.05, 0) is 31.4 Å². The topological polar surface area (TPSA) is 31.4 Å². The molecule has 1 fully saturated rings. The van der Waals surface area contributed by atoms with Crippen molar-refractivity contribution in [2.24, 2.45) is 5.92 Å². The Morgan fingerprint density at radius 1 is 1.38 bits per heavy atom. The highest BCUT2D eigenvalue weighted by atomic mass is 16.7. The fraction of sp³-hybridized carbons (Fsp3) is 0.615. The number of nitrogens with zero attached hydrogens (tertiary/aromatic N) is 1. The summed E-state index contributed by atoms with van der Waals surface area (Å²) in [6.07, 6.45) is 3.74. The fourth-order valence-electron chi connectivity index (χ4n) is 2.26. The number of rotatable bonds is 4. The summed E-state index contributed by atoms with van der Waals surface area (Å²) in [6, 6.07) is 6.03. The van der Waals surface area contributed by atoms with Gasteiger partial charge in [0.1, 0.15) is 0 Å². The molecule has 0 bridgehead atoms. The van der Waals surface area contributed by atoms with Crippen LogP contribution in [0.25, 0.3) is 0 Å². The number of ether oxygens (including phenoxy) is 2. The average Bonchev–Trinajstić information content (AvgIpc) is 2.66. The molecule has 0 N–H and O–H groups in total. The third-order valence-electron chi connectivity index (χ3n) is 2.90. The minimum absolute atomic E-state index is 0.381. The fourth-order valence-corrected chi connectivity index (χ4v) is 2.26. The molecule has 1 aromatic heterocycles. The second-order valence-corrected chi connectivity index (χ2v) is 4.67. The summed E-state index contributed by atoms with van der Waals surface area (Å²) in [7, 11) is 0. The Morgan fingerprint density at radius 2 is 2.12 bits per heavy atom. The van der Waals surface area contributed by atoms with Crippen LogP contribution in [-0.2, 0) is 15.9 Å². The van der Waals surface area contributed by atoms with Crippen molar-refractivity contribution in [1.29, 1.82) is 0 Å². The van der Waals surface area contributed by atoms with E-state index in [0.29, 0.717) is 19.1 Å². The van der Waals surface area contributed by atoms with Gasteiger partial charge in [-0.2, -0.15) is 0 Å². The van der Waals surface area contributed by atoms with E-state index in [0.717, 1.165) is 18.5 Å². The van der Waals surface area contributed by atoms with E-state index in [1.807, 2.05) is 25.3 Å². The third-order valence-corrected chi connectivity index (χ3v) is 2.90. The molecule has 16 heavy (non-hydrogen) atoms. The highest BCUT2D eigenvalue weighted by Crippen LogP contribution is 2.27. The van der Waals surface area contributed by atoms with E-state index >= 15 is 0 Å². The van der Waals surface area contributed by atoms with Crippen LogP contribution >= 0.6 is 0 Å². The first kappa shape index (κ1) is 11.6. The maximum absolute atomic E-state index is 5.61. The Kier molecular flexibility index (Phi) is 3.56. The first-order valence-corrected chi connectivity index (χ1v) is 5.86. The lowest BCUT2D eigenvalue weighted by molar-refractivity contribution is -0.153. The zero-order valence-electron chi connectivity index (χ0n) is 9.98. The van der Waals surface area contributed by atoms with Gasteiger partial charge in [0.15, 0.2) is 5.79 Å². The molecule has 3 nitrogen and oxygen atoms in total. The van der Waals surface area contributed by atoms with Gasteiger partial charge >= 0.3 is 0 Å². The Labute approximate surface area is 96.8 Å². The van der Waals surface area contributed by atoms with Crippen LogP contribution in [0.4, 0.5) is 0 Å². The summed E-state index contributed by atoms with van der Waals surface area (Å²) in [5.74, 6) is 0.131. The van der Waals surface area contributed by atoms with Crippen molar-refractivity contribution in [3.63, 3.8) is 0 Å². The molecule has 0 amide bonds. The molecule has 1 aromatic rings. The number of hydrogen-bond acceptors (Lipinski definition) is 3. The smallest absolute Gasteiger partial charge is 0.166 e. The van der Waals surface area contributed by atoms with E-state index in [1.165, 1.54) is 0 Å². The lowest BCUT2D eigenvalue weighted by atomic mass is 9.97. The molecule has 88 valence electrons. The highest BCUT2D eigenvalue weighted by molar-refractivity contribution is 5.04. The van der Waals surface area contributed by atoms with E-state index in [4.69, 9.17) is 9.47 Å². The quantitative estimate of drug-likeness (QED) is 0.782. The molecule has 0 aliphatic carbocycles. The van der Waals surface area contributed by atoms with Crippen molar-refractivity contribution in [1.82, 2.24) is 4.98 Å². The maximum atomic E-state index is 5.61. The predicted octanol–water partition coefficient (Wildman–Crippen LogP) is 2.41. The van der Waals surface area contributed by atoms with Gasteiger partial charge in [0.05, 0.1) is 13.2 Å². The molecule has 2 heterocycles. The summed E-state index contributed by atoms with van der Waals surface area (Å²) in [6.45, 7) is 5.67. The summed E-state index contributed by atoms with van der Waals surface area (Å²) in [4.78, 5) is 4.33. The van der Waals surface area contributed by atoms with Crippen LogP contribution in [0.3, 0.4) is 0 Å². The van der Waals surface area contributed by atoms with Crippen LogP contribution in [0.15, 0.2) is 24.4 Å². The monoisotopic (exact) mass is 221 g/mol. The summed E-state index contributed by atoms with van der Waals surface area (Å²) < 4.78 is 11.2. The van der Waals surface area contributed by atoms with E-state index in [-0.39, 0.29) is 5.79 Å². The zero-order valence-corrected chi connectivity index (χ0v) is 9.98. The zero-order chi connectivity index (χ0) is 11.4.